The molecule has 1 aromatic heterocycles. The number of thioether (sulfide) groups is 1. The second-order valence-electron chi connectivity index (χ2n) is 5.59. The molecule has 0 aliphatic carbocycles. The number of rotatable bonds is 7. The Balaban J connectivity index is 1.79. The van der Waals surface area contributed by atoms with Gasteiger partial charge in [-0.1, -0.05) is 23.9 Å². The van der Waals surface area contributed by atoms with Crippen LogP contribution in [0.4, 0.5) is 4.39 Å². The predicted molar refractivity (Wildman–Crippen MR) is 103 cm³/mol. The molecule has 0 atom stereocenters. The highest BCUT2D eigenvalue weighted by Gasteiger charge is 2.15. The number of hydrogen-bond donors (Lipinski definition) is 0. The fraction of sp³-hybridized carbons (Fsp3) is 0.200. The number of ether oxygens (including phenoxy) is 3. The minimum atomic E-state index is -0.239. The Morgan fingerprint density at radius 1 is 0.889 bits per heavy atom. The van der Waals surface area contributed by atoms with E-state index in [0.29, 0.717) is 28.7 Å². The van der Waals surface area contributed by atoms with Crippen LogP contribution >= 0.6 is 11.8 Å². The van der Waals surface area contributed by atoms with Crippen molar-refractivity contribution in [2.75, 3.05) is 21.3 Å². The lowest BCUT2D eigenvalue weighted by atomic mass is 10.1. The molecule has 7 heteroatoms. The first-order valence-corrected chi connectivity index (χ1v) is 9.14. The molecule has 3 aromatic rings. The summed E-state index contributed by atoms with van der Waals surface area (Å²) in [5, 5.41) is 9.30. The molecule has 0 N–H and O–H groups in total. The van der Waals surface area contributed by atoms with Crippen molar-refractivity contribution in [3.8, 4) is 28.5 Å². The summed E-state index contributed by atoms with van der Waals surface area (Å²) in [7, 11) is 4.70. The lowest BCUT2D eigenvalue weighted by Gasteiger charge is -2.13. The van der Waals surface area contributed by atoms with Gasteiger partial charge in [-0.15, -0.1) is 10.2 Å². The molecule has 1 heterocycles. The average Bonchev–Trinajstić information content (AvgIpc) is 2.71. The highest BCUT2D eigenvalue weighted by Crippen LogP contribution is 2.40. The van der Waals surface area contributed by atoms with Crippen LogP contribution < -0.4 is 14.2 Å². The number of nitrogens with zero attached hydrogens (tertiary/aromatic N) is 2. The van der Waals surface area contributed by atoms with Crippen LogP contribution in [0, 0.1) is 5.82 Å². The molecule has 3 rings (SSSR count). The minimum Gasteiger partial charge on any atom is -0.493 e. The molecular weight excluding hydrogens is 367 g/mol. The summed E-state index contributed by atoms with van der Waals surface area (Å²) < 4.78 is 29.3. The van der Waals surface area contributed by atoms with Crippen molar-refractivity contribution >= 4 is 11.8 Å². The summed E-state index contributed by atoms with van der Waals surface area (Å²) in [5.41, 5.74) is 2.39. The Morgan fingerprint density at radius 2 is 1.63 bits per heavy atom. The second-order valence-corrected chi connectivity index (χ2v) is 6.59. The Morgan fingerprint density at radius 3 is 2.19 bits per heavy atom. The number of hydrogen-bond acceptors (Lipinski definition) is 6. The third-order valence-corrected chi connectivity index (χ3v) is 4.87. The monoisotopic (exact) mass is 386 g/mol. The van der Waals surface area contributed by atoms with E-state index in [0.717, 1.165) is 16.2 Å². The Kier molecular flexibility index (Phi) is 6.13. The molecule has 0 unspecified atom stereocenters. The highest BCUT2D eigenvalue weighted by molar-refractivity contribution is 7.98. The minimum absolute atomic E-state index is 0.239. The maximum absolute atomic E-state index is 13.2. The van der Waals surface area contributed by atoms with E-state index in [9.17, 15) is 4.39 Å². The lowest BCUT2D eigenvalue weighted by Crippen LogP contribution is -1.97. The van der Waals surface area contributed by atoms with Gasteiger partial charge in [-0.2, -0.15) is 0 Å². The molecule has 0 saturated heterocycles. The molecule has 0 saturated carbocycles. The van der Waals surface area contributed by atoms with Crippen LogP contribution in [-0.4, -0.2) is 31.5 Å². The van der Waals surface area contributed by atoms with Gasteiger partial charge in [0.15, 0.2) is 11.5 Å². The first kappa shape index (κ1) is 19.0. The largest absolute Gasteiger partial charge is 0.493 e. The first-order chi connectivity index (χ1) is 13.1. The molecule has 0 radical (unpaired) electrons. The molecular formula is C20H19FN2O3S. The van der Waals surface area contributed by atoms with Crippen molar-refractivity contribution in [1.29, 1.82) is 0 Å². The zero-order chi connectivity index (χ0) is 19.2. The van der Waals surface area contributed by atoms with E-state index in [2.05, 4.69) is 10.2 Å². The summed E-state index contributed by atoms with van der Waals surface area (Å²) in [6.07, 6.45) is 0. The molecule has 0 spiro atoms. The molecule has 0 bridgehead atoms. The van der Waals surface area contributed by atoms with Crippen molar-refractivity contribution in [2.45, 2.75) is 10.8 Å². The van der Waals surface area contributed by atoms with Crippen LogP contribution in [0.25, 0.3) is 11.3 Å². The summed E-state index contributed by atoms with van der Waals surface area (Å²) >= 11 is 1.50. The van der Waals surface area contributed by atoms with Crippen molar-refractivity contribution in [3.63, 3.8) is 0 Å². The maximum atomic E-state index is 13.2. The van der Waals surface area contributed by atoms with Gasteiger partial charge in [0.1, 0.15) is 10.8 Å². The average molecular weight is 386 g/mol. The van der Waals surface area contributed by atoms with E-state index < -0.39 is 0 Å². The number of halogens is 1. The third-order valence-electron chi connectivity index (χ3n) is 3.88. The molecule has 0 amide bonds. The van der Waals surface area contributed by atoms with Crippen molar-refractivity contribution in [3.05, 3.63) is 59.9 Å². The van der Waals surface area contributed by atoms with Gasteiger partial charge in [-0.3, -0.25) is 0 Å². The zero-order valence-electron chi connectivity index (χ0n) is 15.2. The summed E-state index contributed by atoms with van der Waals surface area (Å²) in [6.45, 7) is 0. The van der Waals surface area contributed by atoms with Crippen LogP contribution in [-0.2, 0) is 5.75 Å². The van der Waals surface area contributed by atoms with Crippen molar-refractivity contribution in [1.82, 2.24) is 10.2 Å². The van der Waals surface area contributed by atoms with E-state index in [-0.39, 0.29) is 5.82 Å². The van der Waals surface area contributed by atoms with Crippen LogP contribution in [0.1, 0.15) is 5.56 Å². The van der Waals surface area contributed by atoms with E-state index in [1.807, 2.05) is 30.3 Å². The topological polar surface area (TPSA) is 53.5 Å². The van der Waals surface area contributed by atoms with Crippen LogP contribution in [0.3, 0.4) is 0 Å². The molecule has 0 aliphatic heterocycles. The Labute approximate surface area is 161 Å². The predicted octanol–water partition coefficient (Wildman–Crippen LogP) is 4.60. The summed E-state index contributed by atoms with van der Waals surface area (Å²) in [4.78, 5) is 0. The molecule has 27 heavy (non-hydrogen) atoms. The number of aromatic nitrogens is 2. The molecule has 2 aromatic carbocycles. The summed E-state index contributed by atoms with van der Waals surface area (Å²) in [5.74, 6) is 2.02. The van der Waals surface area contributed by atoms with E-state index in [1.54, 1.807) is 27.4 Å². The van der Waals surface area contributed by atoms with Crippen LogP contribution in [0.5, 0.6) is 17.2 Å². The van der Waals surface area contributed by atoms with Gasteiger partial charge in [0.25, 0.3) is 0 Å². The standard InChI is InChI=1S/C20H19FN2O3S/c1-24-17-10-14(11-18(25-2)20(17)26-3)16-7-8-19(23-22-16)27-12-13-5-4-6-15(21)9-13/h4-11H,12H2,1-3H3. The van der Waals surface area contributed by atoms with Gasteiger partial charge < -0.3 is 14.2 Å². The van der Waals surface area contributed by atoms with Crippen LogP contribution in [0.2, 0.25) is 0 Å². The third kappa shape index (κ3) is 4.49. The molecule has 0 aliphatic rings. The molecule has 5 nitrogen and oxygen atoms in total. The first-order valence-electron chi connectivity index (χ1n) is 8.16. The summed E-state index contributed by atoms with van der Waals surface area (Å²) in [6, 6.07) is 13.9. The number of methoxy groups -OCH3 is 3. The van der Waals surface area contributed by atoms with Gasteiger partial charge >= 0.3 is 0 Å². The van der Waals surface area contributed by atoms with Gasteiger partial charge in [-0.25, -0.2) is 4.39 Å². The Bertz CT molecular complexity index is 894. The molecule has 140 valence electrons. The van der Waals surface area contributed by atoms with Gasteiger partial charge in [0.2, 0.25) is 5.75 Å². The SMILES string of the molecule is COc1cc(-c2ccc(SCc3cccc(F)c3)nn2)cc(OC)c1OC. The fourth-order valence-corrected chi connectivity index (χ4v) is 3.32. The maximum Gasteiger partial charge on any atom is 0.203 e. The van der Waals surface area contributed by atoms with E-state index in [1.165, 1.54) is 23.9 Å². The highest BCUT2D eigenvalue weighted by atomic mass is 32.2. The van der Waals surface area contributed by atoms with E-state index in [4.69, 9.17) is 14.2 Å². The normalized spacial score (nSPS) is 10.5. The Hall–Kier alpha value is -2.80. The van der Waals surface area contributed by atoms with Gasteiger partial charge in [-0.05, 0) is 42.0 Å². The van der Waals surface area contributed by atoms with Crippen molar-refractivity contribution < 1.29 is 18.6 Å². The second kappa shape index (κ2) is 8.73. The fourth-order valence-electron chi connectivity index (χ4n) is 2.56. The quantitative estimate of drug-likeness (QED) is 0.553. The van der Waals surface area contributed by atoms with Gasteiger partial charge in [0, 0.05) is 11.3 Å². The lowest BCUT2D eigenvalue weighted by molar-refractivity contribution is 0.324. The van der Waals surface area contributed by atoms with Crippen LogP contribution in [0.15, 0.2) is 53.6 Å². The van der Waals surface area contributed by atoms with Crippen molar-refractivity contribution in [2.24, 2.45) is 0 Å². The van der Waals surface area contributed by atoms with E-state index >= 15 is 0 Å². The molecule has 0 fully saturated rings. The number of benzene rings is 2. The van der Waals surface area contributed by atoms with Gasteiger partial charge in [0.05, 0.1) is 27.0 Å². The zero-order valence-corrected chi connectivity index (χ0v) is 16.0. The smallest absolute Gasteiger partial charge is 0.203 e.